The van der Waals surface area contributed by atoms with Crippen LogP contribution in [0.1, 0.15) is 30.4 Å². The van der Waals surface area contributed by atoms with Crippen molar-refractivity contribution in [2.45, 2.75) is 55.6 Å². The summed E-state index contributed by atoms with van der Waals surface area (Å²) in [6.45, 7) is 1.38. The summed E-state index contributed by atoms with van der Waals surface area (Å²) in [5.41, 5.74) is 0.692. The van der Waals surface area contributed by atoms with Crippen LogP contribution in [-0.2, 0) is 21.4 Å². The van der Waals surface area contributed by atoms with E-state index in [-0.39, 0.29) is 23.6 Å². The fourth-order valence-corrected chi connectivity index (χ4v) is 5.40. The summed E-state index contributed by atoms with van der Waals surface area (Å²) in [6.07, 6.45) is -2.37. The largest absolute Gasteiger partial charge is 0.573 e. The number of piperazine rings is 1. The zero-order chi connectivity index (χ0) is 24.8. The first-order chi connectivity index (χ1) is 16.6. The van der Waals surface area contributed by atoms with Crippen LogP contribution in [0.3, 0.4) is 0 Å². The van der Waals surface area contributed by atoms with Gasteiger partial charge in [-0.25, -0.2) is 0 Å². The van der Waals surface area contributed by atoms with Crippen molar-refractivity contribution in [2.24, 2.45) is 0 Å². The van der Waals surface area contributed by atoms with E-state index in [1.807, 2.05) is 29.2 Å². The van der Waals surface area contributed by atoms with Crippen molar-refractivity contribution in [2.75, 3.05) is 13.1 Å². The summed E-state index contributed by atoms with van der Waals surface area (Å²) in [7, 11) is 0. The molecule has 1 aliphatic carbocycles. The molecule has 2 aromatic carbocycles. The molecule has 2 N–H and O–H groups in total. The van der Waals surface area contributed by atoms with E-state index >= 15 is 0 Å². The molecule has 35 heavy (non-hydrogen) atoms. The Bertz CT molecular complexity index is 1100. The number of amides is 2. The fourth-order valence-electron chi connectivity index (χ4n) is 5.13. The number of hydrogen-bond donors (Lipinski definition) is 2. The van der Waals surface area contributed by atoms with E-state index in [0.717, 1.165) is 23.0 Å². The Morgan fingerprint density at radius 1 is 1.14 bits per heavy atom. The lowest BCUT2D eigenvalue weighted by Crippen LogP contribution is -2.56. The van der Waals surface area contributed by atoms with Gasteiger partial charge in [0.05, 0.1) is 5.41 Å². The van der Waals surface area contributed by atoms with Gasteiger partial charge in [-0.15, -0.1) is 13.2 Å². The number of likely N-dealkylation sites (tertiary alicyclic amines) is 1. The molecule has 3 fully saturated rings. The number of fused-ring (bicyclic) bond motifs is 2. The number of benzene rings is 2. The van der Waals surface area contributed by atoms with E-state index in [0.29, 0.717) is 37.4 Å². The molecule has 2 bridgehead atoms. The number of alkyl halides is 3. The third-order valence-corrected chi connectivity index (χ3v) is 7.65. The Balaban J connectivity index is 1.33. The number of nitrogens with zero attached hydrogens (tertiary/aromatic N) is 1. The first-order valence-electron chi connectivity index (χ1n) is 11.6. The summed E-state index contributed by atoms with van der Waals surface area (Å²) in [4.78, 5) is 28.9. The zero-order valence-corrected chi connectivity index (χ0v) is 20.4. The van der Waals surface area contributed by atoms with Crippen LogP contribution < -0.4 is 15.4 Å². The standard InChI is InChI=1S/C25H25BrF3N3O3/c26-17-5-1-15(2-6-17)11-21(22(33)32-14-18-12-19(32)13-30-18)31-23(34)24(9-10-24)16-3-7-20(8-4-16)35-25(27,28)29/h1-8,18-19,21,30H,9-14H2,(H,31,34). The van der Waals surface area contributed by atoms with Crippen molar-refractivity contribution in [1.29, 1.82) is 0 Å². The minimum Gasteiger partial charge on any atom is -0.406 e. The molecule has 0 aromatic heterocycles. The normalized spacial score (nSPS) is 23.1. The molecule has 3 unspecified atom stereocenters. The molecular formula is C25H25BrF3N3O3. The fraction of sp³-hybridized carbons (Fsp3) is 0.440. The number of nitrogens with one attached hydrogen (secondary N) is 2. The molecule has 2 aliphatic heterocycles. The van der Waals surface area contributed by atoms with Crippen LogP contribution in [0, 0.1) is 0 Å². The van der Waals surface area contributed by atoms with Gasteiger partial charge in [-0.05, 0) is 54.7 Å². The lowest BCUT2D eigenvalue weighted by Gasteiger charge is -2.32. The van der Waals surface area contributed by atoms with Gasteiger partial charge >= 0.3 is 6.36 Å². The molecule has 2 aromatic rings. The van der Waals surface area contributed by atoms with Crippen LogP contribution in [0.4, 0.5) is 13.2 Å². The molecule has 0 radical (unpaired) electrons. The minimum atomic E-state index is -4.78. The average Bonchev–Trinajstić information content (AvgIpc) is 3.35. The highest BCUT2D eigenvalue weighted by molar-refractivity contribution is 9.10. The van der Waals surface area contributed by atoms with Crippen molar-refractivity contribution in [3.05, 3.63) is 64.1 Å². The second-order valence-electron chi connectivity index (χ2n) is 9.50. The van der Waals surface area contributed by atoms with Crippen LogP contribution in [-0.4, -0.2) is 54.3 Å². The molecule has 1 saturated carbocycles. The van der Waals surface area contributed by atoms with Gasteiger partial charge in [-0.2, -0.15) is 0 Å². The third kappa shape index (κ3) is 5.18. The molecule has 5 rings (SSSR count). The van der Waals surface area contributed by atoms with Crippen molar-refractivity contribution in [3.8, 4) is 5.75 Å². The van der Waals surface area contributed by atoms with Gasteiger partial charge in [0.25, 0.3) is 0 Å². The predicted octanol–water partition coefficient (Wildman–Crippen LogP) is 3.68. The van der Waals surface area contributed by atoms with Crippen molar-refractivity contribution < 1.29 is 27.5 Å². The van der Waals surface area contributed by atoms with Crippen LogP contribution in [0.5, 0.6) is 5.75 Å². The van der Waals surface area contributed by atoms with Gasteiger partial charge in [0.1, 0.15) is 11.8 Å². The zero-order valence-electron chi connectivity index (χ0n) is 18.8. The summed E-state index contributed by atoms with van der Waals surface area (Å²) < 4.78 is 42.3. The molecule has 6 nitrogen and oxygen atoms in total. The number of halogens is 4. The number of hydrogen-bond acceptors (Lipinski definition) is 4. The average molecular weight is 552 g/mol. The first-order valence-corrected chi connectivity index (χ1v) is 12.4. The maximum absolute atomic E-state index is 13.6. The SMILES string of the molecule is O=C(C(Cc1ccc(Br)cc1)NC(=O)C1(c2ccc(OC(F)(F)F)cc2)CC1)N1CC2CC1CN2. The topological polar surface area (TPSA) is 70.7 Å². The summed E-state index contributed by atoms with van der Waals surface area (Å²) in [5.74, 6) is -0.710. The molecule has 3 atom stereocenters. The van der Waals surface area contributed by atoms with E-state index in [1.165, 1.54) is 24.3 Å². The molecule has 2 heterocycles. The highest BCUT2D eigenvalue weighted by Crippen LogP contribution is 2.49. The molecular weight excluding hydrogens is 527 g/mol. The van der Waals surface area contributed by atoms with E-state index in [4.69, 9.17) is 0 Å². The highest BCUT2D eigenvalue weighted by atomic mass is 79.9. The van der Waals surface area contributed by atoms with Crippen molar-refractivity contribution in [1.82, 2.24) is 15.5 Å². The number of carbonyl (C=O) groups is 2. The molecule has 2 amide bonds. The van der Waals surface area contributed by atoms with Gasteiger partial charge in [-0.1, -0.05) is 40.2 Å². The van der Waals surface area contributed by atoms with Gasteiger partial charge in [-0.3, -0.25) is 9.59 Å². The minimum absolute atomic E-state index is 0.0972. The molecule has 3 aliphatic rings. The van der Waals surface area contributed by atoms with Crippen LogP contribution >= 0.6 is 15.9 Å². The molecule has 2 saturated heterocycles. The quantitative estimate of drug-likeness (QED) is 0.550. The molecule has 186 valence electrons. The maximum Gasteiger partial charge on any atom is 0.573 e. The summed E-state index contributed by atoms with van der Waals surface area (Å²) in [6, 6.07) is 12.7. The summed E-state index contributed by atoms with van der Waals surface area (Å²) in [5, 5.41) is 6.38. The Kier molecular flexibility index (Phi) is 6.29. The predicted molar refractivity (Wildman–Crippen MR) is 126 cm³/mol. The van der Waals surface area contributed by atoms with Crippen molar-refractivity contribution in [3.63, 3.8) is 0 Å². The smallest absolute Gasteiger partial charge is 0.406 e. The molecule has 0 spiro atoms. The Hall–Kier alpha value is -2.59. The van der Waals surface area contributed by atoms with Gasteiger partial charge in [0, 0.05) is 36.1 Å². The van der Waals surface area contributed by atoms with Gasteiger partial charge in [0.15, 0.2) is 0 Å². The Labute approximate surface area is 209 Å². The number of carbonyl (C=O) groups excluding carboxylic acids is 2. The second kappa shape index (κ2) is 9.13. The van der Waals surface area contributed by atoms with E-state index in [2.05, 4.69) is 31.3 Å². The van der Waals surface area contributed by atoms with E-state index in [1.54, 1.807) is 0 Å². The Morgan fingerprint density at radius 2 is 1.83 bits per heavy atom. The Morgan fingerprint density at radius 3 is 2.37 bits per heavy atom. The van der Waals surface area contributed by atoms with E-state index < -0.39 is 17.8 Å². The van der Waals surface area contributed by atoms with Gasteiger partial charge in [0.2, 0.25) is 11.8 Å². The lowest BCUT2D eigenvalue weighted by atomic mass is 9.93. The number of ether oxygens (including phenoxy) is 1. The lowest BCUT2D eigenvalue weighted by molar-refractivity contribution is -0.274. The second-order valence-corrected chi connectivity index (χ2v) is 10.4. The van der Waals surface area contributed by atoms with Crippen LogP contribution in [0.2, 0.25) is 0 Å². The van der Waals surface area contributed by atoms with E-state index in [9.17, 15) is 22.8 Å². The third-order valence-electron chi connectivity index (χ3n) is 7.12. The maximum atomic E-state index is 13.6. The highest BCUT2D eigenvalue weighted by Gasteiger charge is 2.52. The monoisotopic (exact) mass is 551 g/mol. The van der Waals surface area contributed by atoms with Crippen LogP contribution in [0.25, 0.3) is 0 Å². The summed E-state index contributed by atoms with van der Waals surface area (Å²) >= 11 is 3.41. The first kappa shape index (κ1) is 24.1. The van der Waals surface area contributed by atoms with Crippen LogP contribution in [0.15, 0.2) is 53.0 Å². The van der Waals surface area contributed by atoms with Gasteiger partial charge < -0.3 is 20.3 Å². The number of rotatable bonds is 7. The van der Waals surface area contributed by atoms with Crippen molar-refractivity contribution >= 4 is 27.7 Å². The molecule has 10 heteroatoms.